The Hall–Kier alpha value is -2.75. The van der Waals surface area contributed by atoms with Gasteiger partial charge in [0.25, 0.3) is 0 Å². The number of rotatable bonds is 5. The molecule has 0 amide bonds. The van der Waals surface area contributed by atoms with E-state index in [9.17, 15) is 13.2 Å². The van der Waals surface area contributed by atoms with E-state index in [1.807, 2.05) is 0 Å². The average molecular weight is 391 g/mol. The summed E-state index contributed by atoms with van der Waals surface area (Å²) in [5.41, 5.74) is 0.365. The van der Waals surface area contributed by atoms with Crippen LogP contribution in [0.15, 0.2) is 24.8 Å². The molecule has 1 fully saturated rings. The SMILES string of the molecule is Cc1cnc(C(F)(F)CN2CCC(Nc3ncnc4[nH]ncc34)CC2)c(F)c1. The third-order valence-electron chi connectivity index (χ3n) is 4.92. The first-order valence-corrected chi connectivity index (χ1v) is 9.06. The minimum absolute atomic E-state index is 0.104. The van der Waals surface area contributed by atoms with Crippen LogP contribution in [0.2, 0.25) is 0 Å². The van der Waals surface area contributed by atoms with E-state index in [0.29, 0.717) is 43.0 Å². The van der Waals surface area contributed by atoms with Crippen molar-refractivity contribution in [3.8, 4) is 0 Å². The zero-order valence-corrected chi connectivity index (χ0v) is 15.3. The van der Waals surface area contributed by atoms with Crippen LogP contribution in [0.3, 0.4) is 0 Å². The normalized spacial score (nSPS) is 16.6. The van der Waals surface area contributed by atoms with Crippen LogP contribution in [0.5, 0.6) is 0 Å². The standard InChI is InChI=1S/C18H20F3N7/c1-11-6-14(19)15(22-7-11)18(20,21)9-28-4-2-12(3-5-28)26-16-13-8-25-27-17(13)24-10-23-16/h6-8,10,12H,2-5,9H2,1H3,(H2,23,24,25,26,27). The van der Waals surface area contributed by atoms with Crippen molar-refractivity contribution < 1.29 is 13.2 Å². The monoisotopic (exact) mass is 391 g/mol. The first-order valence-electron chi connectivity index (χ1n) is 9.06. The maximum Gasteiger partial charge on any atom is 0.304 e. The third-order valence-corrected chi connectivity index (χ3v) is 4.92. The summed E-state index contributed by atoms with van der Waals surface area (Å²) in [6.07, 6.45) is 5.70. The molecule has 2 N–H and O–H groups in total. The molecule has 4 heterocycles. The summed E-state index contributed by atoms with van der Waals surface area (Å²) >= 11 is 0. The molecule has 3 aromatic rings. The minimum Gasteiger partial charge on any atom is -0.367 e. The Balaban J connectivity index is 1.37. The second-order valence-electron chi connectivity index (χ2n) is 7.10. The van der Waals surface area contributed by atoms with E-state index in [2.05, 4.69) is 30.5 Å². The molecule has 10 heteroatoms. The van der Waals surface area contributed by atoms with E-state index >= 15 is 0 Å². The molecule has 1 aliphatic rings. The Morgan fingerprint density at radius 3 is 2.75 bits per heavy atom. The smallest absolute Gasteiger partial charge is 0.304 e. The van der Waals surface area contributed by atoms with Crippen LogP contribution in [0.1, 0.15) is 24.1 Å². The van der Waals surface area contributed by atoms with Crippen molar-refractivity contribution in [1.82, 2.24) is 30.0 Å². The molecule has 0 saturated carbocycles. The van der Waals surface area contributed by atoms with Crippen LogP contribution in [0, 0.1) is 12.7 Å². The minimum atomic E-state index is -3.34. The Morgan fingerprint density at radius 1 is 1.21 bits per heavy atom. The lowest BCUT2D eigenvalue weighted by Gasteiger charge is -2.34. The number of hydrogen-bond donors (Lipinski definition) is 2. The third kappa shape index (κ3) is 3.77. The highest BCUT2D eigenvalue weighted by Gasteiger charge is 2.39. The van der Waals surface area contributed by atoms with Gasteiger partial charge in [-0.05, 0) is 31.4 Å². The number of pyridine rings is 1. The number of likely N-dealkylation sites (tertiary alicyclic amines) is 1. The lowest BCUT2D eigenvalue weighted by Crippen LogP contribution is -2.44. The van der Waals surface area contributed by atoms with Gasteiger partial charge in [0.15, 0.2) is 11.5 Å². The first kappa shape index (κ1) is 18.6. The van der Waals surface area contributed by atoms with Crippen molar-refractivity contribution in [1.29, 1.82) is 0 Å². The predicted octanol–water partition coefficient (Wildman–Crippen LogP) is 2.86. The molecule has 0 bridgehead atoms. The number of aromatic amines is 1. The van der Waals surface area contributed by atoms with Gasteiger partial charge in [-0.2, -0.15) is 13.9 Å². The van der Waals surface area contributed by atoms with Crippen molar-refractivity contribution >= 4 is 16.9 Å². The highest BCUT2D eigenvalue weighted by Crippen LogP contribution is 2.31. The number of nitrogens with zero attached hydrogens (tertiary/aromatic N) is 5. The number of fused-ring (bicyclic) bond motifs is 1. The molecule has 1 aliphatic heterocycles. The van der Waals surface area contributed by atoms with E-state index in [4.69, 9.17) is 0 Å². The maximum atomic E-state index is 14.5. The van der Waals surface area contributed by atoms with E-state index in [-0.39, 0.29) is 6.04 Å². The predicted molar refractivity (Wildman–Crippen MR) is 97.6 cm³/mol. The Labute approximate surface area is 159 Å². The molecule has 0 spiro atoms. The van der Waals surface area contributed by atoms with Crippen molar-refractivity contribution in [3.63, 3.8) is 0 Å². The molecule has 148 valence electrons. The van der Waals surface area contributed by atoms with Gasteiger partial charge in [0, 0.05) is 25.3 Å². The lowest BCUT2D eigenvalue weighted by atomic mass is 10.0. The summed E-state index contributed by atoms with van der Waals surface area (Å²) in [5, 5.41) is 10.9. The van der Waals surface area contributed by atoms with Crippen LogP contribution in [0.4, 0.5) is 19.0 Å². The van der Waals surface area contributed by atoms with Crippen LogP contribution < -0.4 is 5.32 Å². The van der Waals surface area contributed by atoms with Crippen LogP contribution in [-0.2, 0) is 5.92 Å². The largest absolute Gasteiger partial charge is 0.367 e. The van der Waals surface area contributed by atoms with Crippen molar-refractivity contribution in [2.24, 2.45) is 0 Å². The molecule has 0 radical (unpaired) electrons. The lowest BCUT2D eigenvalue weighted by molar-refractivity contribution is -0.0486. The summed E-state index contributed by atoms with van der Waals surface area (Å²) in [5.74, 6) is -3.63. The molecule has 0 aliphatic carbocycles. The number of halogens is 3. The Morgan fingerprint density at radius 2 is 2.00 bits per heavy atom. The summed E-state index contributed by atoms with van der Waals surface area (Å²) < 4.78 is 43.0. The number of H-pyrrole nitrogens is 1. The summed E-state index contributed by atoms with van der Waals surface area (Å²) in [6.45, 7) is 2.01. The highest BCUT2D eigenvalue weighted by molar-refractivity contribution is 5.85. The number of piperidine rings is 1. The maximum absolute atomic E-state index is 14.5. The van der Waals surface area contributed by atoms with E-state index in [1.165, 1.54) is 12.5 Å². The zero-order valence-electron chi connectivity index (χ0n) is 15.3. The van der Waals surface area contributed by atoms with Crippen LogP contribution in [-0.4, -0.2) is 55.7 Å². The van der Waals surface area contributed by atoms with Gasteiger partial charge in [-0.1, -0.05) is 0 Å². The molecule has 3 aromatic heterocycles. The Bertz CT molecular complexity index is 967. The number of aryl methyl sites for hydroxylation is 1. The Kier molecular flexibility index (Phi) is 4.88. The van der Waals surface area contributed by atoms with Crippen molar-refractivity contribution in [2.45, 2.75) is 31.7 Å². The molecule has 0 atom stereocenters. The number of aromatic nitrogens is 5. The molecule has 28 heavy (non-hydrogen) atoms. The number of alkyl halides is 2. The fourth-order valence-electron chi connectivity index (χ4n) is 3.47. The second-order valence-corrected chi connectivity index (χ2v) is 7.10. The van der Waals surface area contributed by atoms with Gasteiger partial charge in [0.05, 0.1) is 18.1 Å². The van der Waals surface area contributed by atoms with Gasteiger partial charge in [0.1, 0.15) is 17.8 Å². The molecular formula is C18H20F3N7. The van der Waals surface area contributed by atoms with E-state index in [0.717, 1.165) is 11.5 Å². The van der Waals surface area contributed by atoms with Crippen molar-refractivity contribution in [3.05, 3.63) is 41.9 Å². The summed E-state index contributed by atoms with van der Waals surface area (Å²) in [6, 6.07) is 1.19. The molecule has 1 saturated heterocycles. The van der Waals surface area contributed by atoms with Gasteiger partial charge in [0.2, 0.25) is 0 Å². The van der Waals surface area contributed by atoms with Crippen molar-refractivity contribution in [2.75, 3.05) is 25.0 Å². The molecular weight excluding hydrogens is 371 g/mol. The average Bonchev–Trinajstić information content (AvgIpc) is 3.12. The second kappa shape index (κ2) is 7.34. The number of hydrogen-bond acceptors (Lipinski definition) is 6. The highest BCUT2D eigenvalue weighted by atomic mass is 19.3. The van der Waals surface area contributed by atoms with Gasteiger partial charge in [-0.15, -0.1) is 0 Å². The molecule has 4 rings (SSSR count). The number of nitrogens with one attached hydrogen (secondary N) is 2. The zero-order chi connectivity index (χ0) is 19.7. The fraction of sp³-hybridized carbons (Fsp3) is 0.444. The topological polar surface area (TPSA) is 82.6 Å². The number of anilines is 1. The summed E-state index contributed by atoms with van der Waals surface area (Å²) in [4.78, 5) is 13.6. The molecule has 0 unspecified atom stereocenters. The van der Waals surface area contributed by atoms with Crippen LogP contribution >= 0.6 is 0 Å². The first-order chi connectivity index (χ1) is 13.4. The van der Waals surface area contributed by atoms with Gasteiger partial charge < -0.3 is 5.32 Å². The van der Waals surface area contributed by atoms with Gasteiger partial charge in [-0.25, -0.2) is 14.4 Å². The van der Waals surface area contributed by atoms with Gasteiger partial charge in [-0.3, -0.25) is 15.0 Å². The summed E-state index contributed by atoms with van der Waals surface area (Å²) in [7, 11) is 0. The van der Waals surface area contributed by atoms with E-state index in [1.54, 1.807) is 18.0 Å². The van der Waals surface area contributed by atoms with E-state index < -0.39 is 24.0 Å². The van der Waals surface area contributed by atoms with Crippen LogP contribution in [0.25, 0.3) is 11.0 Å². The molecule has 7 nitrogen and oxygen atoms in total. The quantitative estimate of drug-likeness (QED) is 0.696. The van der Waals surface area contributed by atoms with Gasteiger partial charge >= 0.3 is 5.92 Å². The molecule has 0 aromatic carbocycles. The fourth-order valence-corrected chi connectivity index (χ4v) is 3.47.